The molecule has 5 aliphatic heterocycles. The predicted octanol–water partition coefficient (Wildman–Crippen LogP) is 2.84. The van der Waals surface area contributed by atoms with Crippen molar-refractivity contribution in [3.8, 4) is 0 Å². The van der Waals surface area contributed by atoms with Gasteiger partial charge in [-0.2, -0.15) is 9.99 Å². The maximum absolute atomic E-state index is 13.3. The van der Waals surface area contributed by atoms with Gasteiger partial charge in [0.15, 0.2) is 0 Å². The molecule has 4 saturated heterocycles. The first kappa shape index (κ1) is 31.9. The van der Waals surface area contributed by atoms with Crippen LogP contribution in [0.5, 0.6) is 0 Å². The van der Waals surface area contributed by atoms with E-state index in [1.54, 1.807) is 12.1 Å². The molecule has 9 rings (SSSR count). The van der Waals surface area contributed by atoms with Gasteiger partial charge < -0.3 is 14.7 Å². The largest absolute Gasteiger partial charge is 0.371 e. The lowest BCUT2D eigenvalue weighted by Crippen LogP contribution is -2.58. The number of urea groups is 1. The molecule has 51 heavy (non-hydrogen) atoms. The molecule has 2 aromatic carbocycles. The lowest BCUT2D eigenvalue weighted by atomic mass is 9.95. The summed E-state index contributed by atoms with van der Waals surface area (Å²) in [6, 6.07) is 15.4. The number of carbonyl (C=O) groups is 4. The summed E-state index contributed by atoms with van der Waals surface area (Å²) in [6.07, 6.45) is 6.58. The van der Waals surface area contributed by atoms with Crippen LogP contribution in [0.1, 0.15) is 52.8 Å². The van der Waals surface area contributed by atoms with Gasteiger partial charge in [-0.15, -0.1) is 0 Å². The quantitative estimate of drug-likeness (QED) is 0.302. The number of imide groups is 2. The number of piperidine rings is 2. The van der Waals surface area contributed by atoms with Crippen LogP contribution < -0.4 is 15.1 Å². The second-order valence-electron chi connectivity index (χ2n) is 14.4. The first-order chi connectivity index (χ1) is 24.9. The molecule has 4 aromatic rings. The van der Waals surface area contributed by atoms with Gasteiger partial charge in [0.25, 0.3) is 11.8 Å². The lowest BCUT2D eigenvalue weighted by Gasteiger charge is -2.44. The van der Waals surface area contributed by atoms with Gasteiger partial charge in [-0.3, -0.25) is 29.0 Å². The van der Waals surface area contributed by atoms with Crippen molar-refractivity contribution < 1.29 is 19.2 Å². The Hall–Kier alpha value is -5.08. The number of rotatable bonds is 6. The van der Waals surface area contributed by atoms with E-state index in [-0.39, 0.29) is 18.5 Å². The third-order valence-corrected chi connectivity index (χ3v) is 11.5. The summed E-state index contributed by atoms with van der Waals surface area (Å²) in [5.41, 5.74) is 3.56. The van der Waals surface area contributed by atoms with E-state index in [1.165, 1.54) is 12.8 Å². The number of nitrogens with zero attached hydrogens (tertiary/aromatic N) is 9. The lowest BCUT2D eigenvalue weighted by molar-refractivity contribution is -0.122. The molecule has 264 valence electrons. The third-order valence-electron chi connectivity index (χ3n) is 11.5. The van der Waals surface area contributed by atoms with E-state index < -0.39 is 23.8 Å². The van der Waals surface area contributed by atoms with Crippen molar-refractivity contribution in [3.63, 3.8) is 0 Å². The number of hydrogen-bond acceptors (Lipinski definition) is 10. The highest BCUT2D eigenvalue weighted by Gasteiger charge is 2.43. The normalized spacial score (nSPS) is 21.7. The minimum Gasteiger partial charge on any atom is -0.371 e. The van der Waals surface area contributed by atoms with Gasteiger partial charge in [-0.05, 0) is 68.0 Å². The second kappa shape index (κ2) is 12.9. The molecule has 14 nitrogen and oxygen atoms in total. The molecular weight excluding hydrogens is 648 g/mol. The molecule has 0 aliphatic carbocycles. The number of imidazole rings is 1. The number of nitrogens with one attached hydrogen (secondary N) is 1. The number of amides is 5. The molecule has 0 atom stereocenters. The van der Waals surface area contributed by atoms with Gasteiger partial charge >= 0.3 is 6.03 Å². The molecule has 5 aliphatic rings. The van der Waals surface area contributed by atoms with Gasteiger partial charge in [0.05, 0.1) is 28.7 Å². The molecule has 0 saturated carbocycles. The first-order valence-electron chi connectivity index (χ1n) is 18.2. The number of fused-ring (bicyclic) bond motifs is 4. The predicted molar refractivity (Wildman–Crippen MR) is 190 cm³/mol. The zero-order valence-electron chi connectivity index (χ0n) is 28.6. The molecule has 2 aromatic heterocycles. The van der Waals surface area contributed by atoms with Crippen LogP contribution in [0.15, 0.2) is 54.7 Å². The highest BCUT2D eigenvalue weighted by Crippen LogP contribution is 2.32. The van der Waals surface area contributed by atoms with Gasteiger partial charge in [0.2, 0.25) is 11.7 Å². The summed E-state index contributed by atoms with van der Waals surface area (Å²) in [7, 11) is 0. The monoisotopic (exact) mass is 690 g/mol. The van der Waals surface area contributed by atoms with Crippen LogP contribution >= 0.6 is 0 Å². The average Bonchev–Trinajstić information content (AvgIpc) is 3.65. The number of hydrogen-bond donors (Lipinski definition) is 1. The smallest absolute Gasteiger partial charge is 0.343 e. The van der Waals surface area contributed by atoms with Crippen LogP contribution in [0, 0.1) is 5.92 Å². The summed E-state index contributed by atoms with van der Waals surface area (Å²) in [5, 5.41) is 4.08. The maximum atomic E-state index is 13.3. The van der Waals surface area contributed by atoms with E-state index in [2.05, 4.69) is 47.6 Å². The van der Waals surface area contributed by atoms with E-state index in [9.17, 15) is 19.2 Å². The van der Waals surface area contributed by atoms with Crippen molar-refractivity contribution in [2.24, 2.45) is 5.92 Å². The Balaban J connectivity index is 0.737. The minimum atomic E-state index is -0.753. The van der Waals surface area contributed by atoms with Crippen LogP contribution in [0.2, 0.25) is 0 Å². The molecule has 5 amide bonds. The molecule has 0 unspecified atom stereocenters. The van der Waals surface area contributed by atoms with Crippen molar-refractivity contribution >= 4 is 52.1 Å². The maximum Gasteiger partial charge on any atom is 0.343 e. The number of aromatic nitrogens is 3. The van der Waals surface area contributed by atoms with Crippen LogP contribution in [0.3, 0.4) is 0 Å². The average molecular weight is 691 g/mol. The van der Waals surface area contributed by atoms with E-state index in [0.29, 0.717) is 17.5 Å². The highest BCUT2D eigenvalue weighted by molar-refractivity contribution is 6.22. The number of piperazine rings is 1. The van der Waals surface area contributed by atoms with Crippen molar-refractivity contribution in [1.29, 1.82) is 0 Å². The van der Waals surface area contributed by atoms with Crippen molar-refractivity contribution in [2.75, 3.05) is 75.2 Å². The zero-order chi connectivity index (χ0) is 34.6. The highest BCUT2D eigenvalue weighted by atomic mass is 16.2. The fraction of sp³-hybridized carbons (Fsp3) is 0.459. The van der Waals surface area contributed by atoms with Crippen LogP contribution in [0.25, 0.3) is 16.8 Å². The Morgan fingerprint density at radius 1 is 0.725 bits per heavy atom. The van der Waals surface area contributed by atoms with Crippen molar-refractivity contribution in [3.05, 3.63) is 65.9 Å². The van der Waals surface area contributed by atoms with Crippen LogP contribution in [-0.4, -0.2) is 129 Å². The van der Waals surface area contributed by atoms with Crippen LogP contribution in [-0.2, 0) is 4.79 Å². The molecule has 14 heteroatoms. The van der Waals surface area contributed by atoms with Gasteiger partial charge in [0.1, 0.15) is 5.82 Å². The molecular formula is C37H42N10O4. The number of benzene rings is 2. The molecule has 0 radical (unpaired) electrons. The van der Waals surface area contributed by atoms with Gasteiger partial charge in [-0.1, -0.05) is 12.1 Å². The van der Waals surface area contributed by atoms with E-state index in [1.807, 2.05) is 24.3 Å². The number of anilines is 2. The topological polar surface area (TPSA) is 130 Å². The summed E-state index contributed by atoms with van der Waals surface area (Å²) < 4.78 is 2.07. The van der Waals surface area contributed by atoms with E-state index >= 15 is 0 Å². The summed E-state index contributed by atoms with van der Waals surface area (Å²) >= 11 is 0. The number of carbonyl (C=O) groups excluding carboxylic acids is 4. The summed E-state index contributed by atoms with van der Waals surface area (Å²) in [4.78, 5) is 69.9. The van der Waals surface area contributed by atoms with E-state index in [4.69, 9.17) is 9.97 Å². The summed E-state index contributed by atoms with van der Waals surface area (Å²) in [5.74, 6) is 1.00. The number of para-hydroxylation sites is 2. The SMILES string of the molecule is O=C1CCN(N2C(=O)c3ccc(N4CCC(N5CCN(CC6CCN(c7ccn8c(n7)nc7ccccc78)CC6)CC5)CC4)cc3C2=O)C(=O)N1. The van der Waals surface area contributed by atoms with Gasteiger partial charge in [-0.25, -0.2) is 14.8 Å². The molecule has 1 N–H and O–H groups in total. The Kier molecular flexibility index (Phi) is 8.07. The Labute approximate surface area is 295 Å². The Morgan fingerprint density at radius 3 is 2.25 bits per heavy atom. The van der Waals surface area contributed by atoms with Crippen molar-refractivity contribution in [1.82, 2.24) is 39.5 Å². The zero-order valence-corrected chi connectivity index (χ0v) is 28.6. The second-order valence-corrected chi connectivity index (χ2v) is 14.4. The molecule has 0 spiro atoms. The molecule has 4 fully saturated rings. The first-order valence-corrected chi connectivity index (χ1v) is 18.2. The standard InChI is InChI=1S/C37H42N10O4/c48-33-12-18-46(37(51)40-33)47-34(49)28-6-5-27(23-29(28)35(47)50)42-15-9-26(10-16-42)43-21-19-41(20-22-43)24-25-7-13-44(14-8-25)32-11-17-45-31-4-2-1-3-30(31)38-36(45)39-32/h1-6,11,17,23,25-26H,7-10,12-16,18-22,24H2,(H,40,48,51). The fourth-order valence-corrected chi connectivity index (χ4v) is 8.60. The number of hydrazine groups is 1. The van der Waals surface area contributed by atoms with Gasteiger partial charge in [0, 0.05) is 83.2 Å². The van der Waals surface area contributed by atoms with E-state index in [0.717, 1.165) is 110 Å². The Morgan fingerprint density at radius 2 is 1.47 bits per heavy atom. The minimum absolute atomic E-state index is 0.00857. The van der Waals surface area contributed by atoms with Crippen molar-refractivity contribution in [2.45, 2.75) is 38.1 Å². The third kappa shape index (κ3) is 5.85. The van der Waals surface area contributed by atoms with Crippen LogP contribution in [0.4, 0.5) is 16.3 Å². The molecule has 7 heterocycles. The Bertz CT molecular complexity index is 2020. The summed E-state index contributed by atoms with van der Waals surface area (Å²) in [6.45, 7) is 9.35. The fourth-order valence-electron chi connectivity index (χ4n) is 8.60. The molecule has 0 bridgehead atoms.